The van der Waals surface area contributed by atoms with Crippen LogP contribution in [0.2, 0.25) is 0 Å². The monoisotopic (exact) mass is 347 g/mol. The maximum Gasteiger partial charge on any atom is 0.241 e. The lowest BCUT2D eigenvalue weighted by Gasteiger charge is -2.25. The van der Waals surface area contributed by atoms with Crippen LogP contribution in [-0.2, 0) is 14.3 Å². The second-order valence-electron chi connectivity index (χ2n) is 6.25. The summed E-state index contributed by atoms with van der Waals surface area (Å²) in [6, 6.07) is 7.22. The van der Waals surface area contributed by atoms with Gasteiger partial charge in [-0.05, 0) is 38.1 Å². The fourth-order valence-corrected chi connectivity index (χ4v) is 4.14. The maximum atomic E-state index is 12.8. The summed E-state index contributed by atoms with van der Waals surface area (Å²) in [6.07, 6.45) is 3.84. The third kappa shape index (κ3) is 1.53. The van der Waals surface area contributed by atoms with Gasteiger partial charge in [0.1, 0.15) is 0 Å². The Labute approximate surface area is 130 Å². The number of fused-ring (bicyclic) bond motifs is 5. The van der Waals surface area contributed by atoms with Gasteiger partial charge in [0, 0.05) is 4.47 Å². The number of carbonyl (C=O) groups is 2. The summed E-state index contributed by atoms with van der Waals surface area (Å²) in [5.74, 6) is -1.18. The highest BCUT2D eigenvalue weighted by atomic mass is 79.9. The molecule has 0 aliphatic carbocycles. The smallest absolute Gasteiger partial charge is 0.241 e. The van der Waals surface area contributed by atoms with E-state index in [-0.39, 0.29) is 11.8 Å². The number of benzene rings is 1. The van der Waals surface area contributed by atoms with Gasteiger partial charge in [-0.1, -0.05) is 28.1 Å². The predicted octanol–water partition coefficient (Wildman–Crippen LogP) is 2.67. The summed E-state index contributed by atoms with van der Waals surface area (Å²) >= 11 is 3.36. The van der Waals surface area contributed by atoms with Crippen LogP contribution in [0.3, 0.4) is 0 Å². The van der Waals surface area contributed by atoms with Crippen LogP contribution in [-0.4, -0.2) is 23.0 Å². The van der Waals surface area contributed by atoms with Crippen LogP contribution in [0.1, 0.15) is 13.8 Å². The summed E-state index contributed by atoms with van der Waals surface area (Å²) in [7, 11) is 0. The Morgan fingerprint density at radius 1 is 1.00 bits per heavy atom. The molecule has 2 fully saturated rings. The van der Waals surface area contributed by atoms with E-state index in [1.807, 2.05) is 38.1 Å². The Hall–Kier alpha value is -1.46. The first-order valence-corrected chi connectivity index (χ1v) is 7.69. The molecule has 3 heterocycles. The molecule has 0 spiro atoms. The Morgan fingerprint density at radius 3 is 1.95 bits per heavy atom. The highest BCUT2D eigenvalue weighted by Crippen LogP contribution is 2.57. The topological polar surface area (TPSA) is 46.6 Å². The minimum Gasteiger partial charge on any atom is -0.359 e. The Morgan fingerprint density at radius 2 is 1.48 bits per heavy atom. The molecular formula is C16H14BrNO3. The zero-order valence-corrected chi connectivity index (χ0v) is 13.3. The average molecular weight is 348 g/mol. The number of halogens is 1. The number of carbonyl (C=O) groups excluding carboxylic acids is 2. The van der Waals surface area contributed by atoms with Crippen molar-refractivity contribution in [3.05, 3.63) is 40.9 Å². The van der Waals surface area contributed by atoms with Gasteiger partial charge in [0.05, 0.1) is 28.7 Å². The van der Waals surface area contributed by atoms with Crippen molar-refractivity contribution in [2.24, 2.45) is 11.8 Å². The number of imide groups is 1. The van der Waals surface area contributed by atoms with Gasteiger partial charge in [-0.25, -0.2) is 4.90 Å². The van der Waals surface area contributed by atoms with Crippen molar-refractivity contribution in [1.82, 2.24) is 0 Å². The van der Waals surface area contributed by atoms with Gasteiger partial charge in [0.25, 0.3) is 0 Å². The molecule has 1 aromatic carbocycles. The lowest BCUT2D eigenvalue weighted by Crippen LogP contribution is -2.39. The van der Waals surface area contributed by atoms with E-state index in [1.165, 1.54) is 4.90 Å². The highest BCUT2D eigenvalue weighted by molar-refractivity contribution is 9.10. The number of anilines is 1. The van der Waals surface area contributed by atoms with Gasteiger partial charge in [-0.3, -0.25) is 9.59 Å². The van der Waals surface area contributed by atoms with Crippen molar-refractivity contribution in [2.75, 3.05) is 4.90 Å². The number of hydrogen-bond donors (Lipinski definition) is 0. The third-order valence-corrected chi connectivity index (χ3v) is 5.34. The first-order valence-electron chi connectivity index (χ1n) is 6.90. The molecule has 3 aliphatic rings. The van der Waals surface area contributed by atoms with Gasteiger partial charge >= 0.3 is 0 Å². The Kier molecular flexibility index (Phi) is 2.42. The van der Waals surface area contributed by atoms with E-state index >= 15 is 0 Å². The summed E-state index contributed by atoms with van der Waals surface area (Å²) in [5, 5.41) is 0. The van der Waals surface area contributed by atoms with Gasteiger partial charge < -0.3 is 4.74 Å². The van der Waals surface area contributed by atoms with Crippen LogP contribution in [0.25, 0.3) is 0 Å². The molecular weight excluding hydrogens is 334 g/mol. The molecule has 108 valence electrons. The lowest BCUT2D eigenvalue weighted by molar-refractivity contribution is -0.128. The largest absolute Gasteiger partial charge is 0.359 e. The van der Waals surface area contributed by atoms with Crippen molar-refractivity contribution in [1.29, 1.82) is 0 Å². The second kappa shape index (κ2) is 3.84. The molecule has 0 N–H and O–H groups in total. The molecule has 5 heteroatoms. The number of rotatable bonds is 1. The molecule has 4 nitrogen and oxygen atoms in total. The minimum atomic E-state index is -0.670. The van der Waals surface area contributed by atoms with E-state index in [2.05, 4.69) is 15.9 Å². The molecule has 2 amide bonds. The first kappa shape index (κ1) is 13.2. The van der Waals surface area contributed by atoms with E-state index in [0.29, 0.717) is 5.69 Å². The SMILES string of the molecule is C[C@]12C=C[C@](C)(O1)[C@H]1C(=O)N(c3ccc(Br)cc3)C(=O)[C@@H]12. The van der Waals surface area contributed by atoms with E-state index in [9.17, 15) is 9.59 Å². The van der Waals surface area contributed by atoms with Crippen LogP contribution in [0.15, 0.2) is 40.9 Å². The minimum absolute atomic E-state index is 0.164. The van der Waals surface area contributed by atoms with Crippen LogP contribution in [0, 0.1) is 11.8 Å². The van der Waals surface area contributed by atoms with Gasteiger partial charge in [0.15, 0.2) is 0 Å². The van der Waals surface area contributed by atoms with Gasteiger partial charge in [-0.2, -0.15) is 0 Å². The van der Waals surface area contributed by atoms with Crippen molar-refractivity contribution in [3.8, 4) is 0 Å². The molecule has 2 saturated heterocycles. The molecule has 0 unspecified atom stereocenters. The van der Waals surface area contributed by atoms with E-state index in [4.69, 9.17) is 4.74 Å². The third-order valence-electron chi connectivity index (χ3n) is 4.81. The van der Waals surface area contributed by atoms with Crippen molar-refractivity contribution < 1.29 is 14.3 Å². The predicted molar refractivity (Wildman–Crippen MR) is 80.7 cm³/mol. The Balaban J connectivity index is 1.80. The lowest BCUT2D eigenvalue weighted by atomic mass is 9.73. The number of amides is 2. The van der Waals surface area contributed by atoms with Gasteiger partial charge in [0.2, 0.25) is 11.8 Å². The van der Waals surface area contributed by atoms with E-state index in [0.717, 1.165) is 4.47 Å². The van der Waals surface area contributed by atoms with Crippen molar-refractivity contribution in [3.63, 3.8) is 0 Å². The van der Waals surface area contributed by atoms with Crippen LogP contribution in [0.5, 0.6) is 0 Å². The average Bonchev–Trinajstić information content (AvgIpc) is 2.97. The molecule has 1 aromatic rings. The van der Waals surface area contributed by atoms with Crippen molar-refractivity contribution in [2.45, 2.75) is 25.0 Å². The number of ether oxygens (including phenoxy) is 1. The summed E-state index contributed by atoms with van der Waals surface area (Å²) in [4.78, 5) is 26.9. The summed E-state index contributed by atoms with van der Waals surface area (Å²) in [5.41, 5.74) is -0.721. The molecule has 2 bridgehead atoms. The number of nitrogens with zero attached hydrogens (tertiary/aromatic N) is 1. The molecule has 21 heavy (non-hydrogen) atoms. The van der Waals surface area contributed by atoms with E-state index in [1.54, 1.807) is 12.1 Å². The highest BCUT2D eigenvalue weighted by Gasteiger charge is 2.70. The molecule has 0 radical (unpaired) electrons. The molecule has 4 rings (SSSR count). The second-order valence-corrected chi connectivity index (χ2v) is 7.16. The fraction of sp³-hybridized carbons (Fsp3) is 0.375. The normalized spacial score (nSPS) is 40.2. The summed E-state index contributed by atoms with van der Waals surface area (Å²) in [6.45, 7) is 3.77. The van der Waals surface area contributed by atoms with Crippen LogP contribution in [0.4, 0.5) is 5.69 Å². The maximum absolute atomic E-state index is 12.8. The molecule has 4 atom stereocenters. The molecule has 0 saturated carbocycles. The number of hydrogen-bond acceptors (Lipinski definition) is 3. The van der Waals surface area contributed by atoms with Crippen LogP contribution >= 0.6 is 15.9 Å². The molecule has 0 aromatic heterocycles. The van der Waals surface area contributed by atoms with Crippen molar-refractivity contribution >= 4 is 33.4 Å². The molecule has 3 aliphatic heterocycles. The van der Waals surface area contributed by atoms with Crippen LogP contribution < -0.4 is 4.90 Å². The zero-order chi connectivity index (χ0) is 15.0. The first-order chi connectivity index (χ1) is 9.86. The Bertz CT molecular complexity index is 662. The summed E-state index contributed by atoms with van der Waals surface area (Å²) < 4.78 is 6.88. The standard InChI is InChI=1S/C16H14BrNO3/c1-15-7-8-16(2,21-15)12-11(15)13(19)18(14(12)20)10-5-3-9(17)4-6-10/h3-8,11-12H,1-2H3/t11-,12-,15-,16+/m1/s1. The van der Waals surface area contributed by atoms with Gasteiger partial charge in [-0.15, -0.1) is 0 Å². The zero-order valence-electron chi connectivity index (χ0n) is 11.7. The van der Waals surface area contributed by atoms with E-state index < -0.39 is 23.0 Å². The fourth-order valence-electron chi connectivity index (χ4n) is 3.88. The quantitative estimate of drug-likeness (QED) is 0.579.